The number of amides is 2. The molecule has 2 amide bonds. The first kappa shape index (κ1) is 19.7. The van der Waals surface area contributed by atoms with E-state index >= 15 is 0 Å². The van der Waals surface area contributed by atoms with Crippen molar-refractivity contribution in [3.63, 3.8) is 0 Å². The smallest absolute Gasteiger partial charge is 0.252 e. The molecule has 0 heterocycles. The van der Waals surface area contributed by atoms with E-state index in [1.807, 2.05) is 13.8 Å². The van der Waals surface area contributed by atoms with Crippen LogP contribution in [0.2, 0.25) is 5.02 Å². The van der Waals surface area contributed by atoms with E-state index in [0.29, 0.717) is 11.3 Å². The molecule has 5 nitrogen and oxygen atoms in total. The minimum atomic E-state index is -0.572. The van der Waals surface area contributed by atoms with E-state index in [2.05, 4.69) is 10.6 Å². The molecule has 0 aliphatic carbocycles. The van der Waals surface area contributed by atoms with Crippen molar-refractivity contribution in [2.75, 3.05) is 12.4 Å². The van der Waals surface area contributed by atoms with Crippen LogP contribution < -0.4 is 16.4 Å². The van der Waals surface area contributed by atoms with Gasteiger partial charge in [-0.1, -0.05) is 31.9 Å². The highest BCUT2D eigenvalue weighted by Gasteiger charge is 2.19. The first-order valence-corrected chi connectivity index (χ1v) is 6.86. The molecule has 0 radical (unpaired) electrons. The first-order valence-electron chi connectivity index (χ1n) is 6.48. The van der Waals surface area contributed by atoms with Crippen molar-refractivity contribution >= 4 is 41.5 Å². The molecular formula is C14H21Cl2N3O2. The normalized spacial score (nSPS) is 12.8. The second-order valence-electron chi connectivity index (χ2n) is 4.67. The van der Waals surface area contributed by atoms with Gasteiger partial charge in [-0.15, -0.1) is 12.4 Å². The molecule has 21 heavy (non-hydrogen) atoms. The van der Waals surface area contributed by atoms with Crippen LogP contribution in [0.25, 0.3) is 0 Å². The summed E-state index contributed by atoms with van der Waals surface area (Å²) in [6.07, 6.45) is 0.824. The predicted octanol–water partition coefficient (Wildman–Crippen LogP) is 2.43. The highest BCUT2D eigenvalue weighted by molar-refractivity contribution is 6.34. The molecule has 0 aromatic heterocycles. The van der Waals surface area contributed by atoms with E-state index in [9.17, 15) is 9.59 Å². The lowest BCUT2D eigenvalue weighted by Gasteiger charge is -2.18. The van der Waals surface area contributed by atoms with Crippen LogP contribution in [0.4, 0.5) is 5.69 Å². The lowest BCUT2D eigenvalue weighted by atomic mass is 9.99. The third-order valence-corrected chi connectivity index (χ3v) is 3.58. The lowest BCUT2D eigenvalue weighted by molar-refractivity contribution is -0.118. The topological polar surface area (TPSA) is 84.2 Å². The highest BCUT2D eigenvalue weighted by Crippen LogP contribution is 2.21. The van der Waals surface area contributed by atoms with E-state index in [1.165, 1.54) is 13.1 Å². The molecule has 0 aliphatic heterocycles. The number of hydrogen-bond acceptors (Lipinski definition) is 3. The van der Waals surface area contributed by atoms with Gasteiger partial charge >= 0.3 is 0 Å². The Bertz CT molecular complexity index is 509. The van der Waals surface area contributed by atoms with Crippen molar-refractivity contribution in [2.24, 2.45) is 11.7 Å². The molecule has 0 saturated heterocycles. The number of benzene rings is 1. The molecule has 2 unspecified atom stereocenters. The zero-order valence-corrected chi connectivity index (χ0v) is 13.8. The largest absolute Gasteiger partial charge is 0.355 e. The molecule has 2 atom stereocenters. The van der Waals surface area contributed by atoms with E-state index < -0.39 is 6.04 Å². The van der Waals surface area contributed by atoms with Crippen molar-refractivity contribution in [1.82, 2.24) is 5.32 Å². The van der Waals surface area contributed by atoms with Gasteiger partial charge < -0.3 is 16.4 Å². The third-order valence-electron chi connectivity index (χ3n) is 3.27. The first-order chi connectivity index (χ1) is 9.40. The molecular weight excluding hydrogens is 313 g/mol. The second-order valence-corrected chi connectivity index (χ2v) is 5.08. The Labute approximate surface area is 136 Å². The van der Waals surface area contributed by atoms with E-state index in [0.717, 1.165) is 6.42 Å². The summed E-state index contributed by atoms with van der Waals surface area (Å²) in [4.78, 5) is 23.4. The zero-order chi connectivity index (χ0) is 15.3. The summed E-state index contributed by atoms with van der Waals surface area (Å²) in [5.41, 5.74) is 6.73. The Kier molecular flexibility index (Phi) is 8.32. The van der Waals surface area contributed by atoms with Gasteiger partial charge in [0, 0.05) is 12.7 Å². The molecule has 0 fully saturated rings. The molecule has 0 aliphatic rings. The average molecular weight is 334 g/mol. The van der Waals surface area contributed by atoms with Crippen LogP contribution in [0, 0.1) is 5.92 Å². The van der Waals surface area contributed by atoms with Crippen molar-refractivity contribution < 1.29 is 9.59 Å². The molecule has 7 heteroatoms. The Morgan fingerprint density at radius 2 is 2.00 bits per heavy atom. The SMILES string of the molecule is CCC(C)C(N)C(=O)Nc1ccc(C(=O)NC)c(Cl)c1.Cl. The van der Waals surface area contributed by atoms with Crippen LogP contribution in [0.3, 0.4) is 0 Å². The maximum atomic E-state index is 11.9. The minimum Gasteiger partial charge on any atom is -0.355 e. The number of nitrogens with two attached hydrogens (primary N) is 1. The number of anilines is 1. The number of rotatable bonds is 5. The van der Waals surface area contributed by atoms with Crippen LogP contribution in [0.1, 0.15) is 30.6 Å². The van der Waals surface area contributed by atoms with E-state index in [4.69, 9.17) is 17.3 Å². The van der Waals surface area contributed by atoms with E-state index in [1.54, 1.807) is 12.1 Å². The molecule has 4 N–H and O–H groups in total. The Morgan fingerprint density at radius 3 is 2.48 bits per heavy atom. The predicted molar refractivity (Wildman–Crippen MR) is 88.2 cm³/mol. The third kappa shape index (κ3) is 5.19. The van der Waals surface area contributed by atoms with Gasteiger partial charge in [0.2, 0.25) is 5.91 Å². The maximum absolute atomic E-state index is 11.9. The van der Waals surface area contributed by atoms with Gasteiger partial charge in [-0.3, -0.25) is 9.59 Å². The van der Waals surface area contributed by atoms with Crippen LogP contribution in [-0.4, -0.2) is 24.9 Å². The standard InChI is InChI=1S/C14H20ClN3O2.ClH/c1-4-8(2)12(16)14(20)18-9-5-6-10(11(15)7-9)13(19)17-3;/h5-8,12H,4,16H2,1-3H3,(H,17,19)(H,18,20);1H. The Balaban J connectivity index is 0.00000400. The average Bonchev–Trinajstić information content (AvgIpc) is 2.44. The van der Waals surface area contributed by atoms with Gasteiger partial charge in [-0.2, -0.15) is 0 Å². The maximum Gasteiger partial charge on any atom is 0.252 e. The molecule has 118 valence electrons. The lowest BCUT2D eigenvalue weighted by Crippen LogP contribution is -2.40. The fourth-order valence-corrected chi connectivity index (χ4v) is 1.92. The van der Waals surface area contributed by atoms with Crippen LogP contribution in [-0.2, 0) is 4.79 Å². The van der Waals surface area contributed by atoms with Crippen molar-refractivity contribution in [3.05, 3.63) is 28.8 Å². The highest BCUT2D eigenvalue weighted by atomic mass is 35.5. The van der Waals surface area contributed by atoms with Gasteiger partial charge in [-0.05, 0) is 24.1 Å². The van der Waals surface area contributed by atoms with Crippen LogP contribution in [0.15, 0.2) is 18.2 Å². The summed E-state index contributed by atoms with van der Waals surface area (Å²) in [5, 5.41) is 5.47. The minimum absolute atomic E-state index is 0. The molecule has 0 spiro atoms. The summed E-state index contributed by atoms with van der Waals surface area (Å²) in [6.45, 7) is 3.90. The number of hydrogen-bond donors (Lipinski definition) is 3. The summed E-state index contributed by atoms with van der Waals surface area (Å²) in [6, 6.07) is 4.15. The van der Waals surface area contributed by atoms with Crippen molar-refractivity contribution in [1.29, 1.82) is 0 Å². The van der Waals surface area contributed by atoms with Crippen molar-refractivity contribution in [2.45, 2.75) is 26.3 Å². The summed E-state index contributed by atoms with van der Waals surface area (Å²) in [5.74, 6) is -0.442. The van der Waals surface area contributed by atoms with Gasteiger partial charge in [-0.25, -0.2) is 0 Å². The monoisotopic (exact) mass is 333 g/mol. The van der Waals surface area contributed by atoms with Gasteiger partial charge in [0.05, 0.1) is 16.6 Å². The van der Waals surface area contributed by atoms with Gasteiger partial charge in [0.25, 0.3) is 5.91 Å². The number of halogens is 2. The number of carbonyl (C=O) groups is 2. The molecule has 0 saturated carbocycles. The van der Waals surface area contributed by atoms with E-state index in [-0.39, 0.29) is 35.2 Å². The van der Waals surface area contributed by atoms with Crippen molar-refractivity contribution in [3.8, 4) is 0 Å². The molecule has 1 aromatic rings. The zero-order valence-electron chi connectivity index (χ0n) is 12.3. The molecule has 1 aromatic carbocycles. The fourth-order valence-electron chi connectivity index (χ4n) is 1.65. The van der Waals surface area contributed by atoms with Gasteiger partial charge in [0.1, 0.15) is 0 Å². The second kappa shape index (κ2) is 8.87. The Morgan fingerprint density at radius 1 is 1.38 bits per heavy atom. The van der Waals surface area contributed by atoms with Gasteiger partial charge in [0.15, 0.2) is 0 Å². The van der Waals surface area contributed by atoms with Crippen LogP contribution >= 0.6 is 24.0 Å². The fraction of sp³-hybridized carbons (Fsp3) is 0.429. The number of carbonyl (C=O) groups excluding carboxylic acids is 2. The van der Waals surface area contributed by atoms with Crippen LogP contribution in [0.5, 0.6) is 0 Å². The Hall–Kier alpha value is -1.30. The summed E-state index contributed by atoms with van der Waals surface area (Å²) >= 11 is 6.01. The molecule has 1 rings (SSSR count). The summed E-state index contributed by atoms with van der Waals surface area (Å²) in [7, 11) is 1.53. The molecule has 0 bridgehead atoms. The quantitative estimate of drug-likeness (QED) is 0.773. The summed E-state index contributed by atoms with van der Waals surface area (Å²) < 4.78 is 0. The number of nitrogens with one attached hydrogen (secondary N) is 2.